The molecule has 1 aromatic carbocycles. The fourth-order valence-electron chi connectivity index (χ4n) is 2.06. The molecule has 0 heterocycles. The number of thiocarbonyl (C=S) groups is 1. The lowest BCUT2D eigenvalue weighted by molar-refractivity contribution is -0.123. The van der Waals surface area contributed by atoms with Crippen LogP contribution in [0.3, 0.4) is 0 Å². The van der Waals surface area contributed by atoms with Crippen LogP contribution < -0.4 is 11.1 Å². The normalized spacial score (nSPS) is 19.8. The third-order valence-electron chi connectivity index (χ3n) is 3.62. The van der Waals surface area contributed by atoms with E-state index in [1.807, 2.05) is 0 Å². The van der Waals surface area contributed by atoms with Gasteiger partial charge in [0, 0.05) is 23.6 Å². The molecule has 3 nitrogen and oxygen atoms in total. The SMILES string of the molecule is CC1(C)CC1C(=O)NCc1ccc(C(N)=S)cc1F. The highest BCUT2D eigenvalue weighted by molar-refractivity contribution is 7.80. The molecule has 1 atom stereocenters. The van der Waals surface area contributed by atoms with E-state index in [4.69, 9.17) is 18.0 Å². The molecule has 1 fully saturated rings. The van der Waals surface area contributed by atoms with Crippen LogP contribution in [0.4, 0.5) is 4.39 Å². The van der Waals surface area contributed by atoms with Gasteiger partial charge in [0.05, 0.1) is 0 Å². The van der Waals surface area contributed by atoms with Gasteiger partial charge in [-0.1, -0.05) is 38.2 Å². The zero-order valence-corrected chi connectivity index (χ0v) is 11.8. The summed E-state index contributed by atoms with van der Waals surface area (Å²) in [5.41, 5.74) is 6.44. The van der Waals surface area contributed by atoms with Gasteiger partial charge in [-0.25, -0.2) is 4.39 Å². The van der Waals surface area contributed by atoms with Crippen LogP contribution in [0.15, 0.2) is 18.2 Å². The van der Waals surface area contributed by atoms with Gasteiger partial charge >= 0.3 is 0 Å². The Bertz CT molecular complexity index is 542. The Hall–Kier alpha value is -1.49. The van der Waals surface area contributed by atoms with E-state index in [1.54, 1.807) is 12.1 Å². The Morgan fingerprint density at radius 1 is 1.58 bits per heavy atom. The lowest BCUT2D eigenvalue weighted by Gasteiger charge is -2.08. The van der Waals surface area contributed by atoms with Gasteiger partial charge in [0.15, 0.2) is 0 Å². The number of benzene rings is 1. The van der Waals surface area contributed by atoms with E-state index in [-0.39, 0.29) is 28.8 Å². The molecule has 1 aliphatic rings. The molecule has 0 aliphatic heterocycles. The predicted molar refractivity (Wildman–Crippen MR) is 76.0 cm³/mol. The van der Waals surface area contributed by atoms with Gasteiger partial charge in [-0.3, -0.25) is 4.79 Å². The zero-order chi connectivity index (χ0) is 14.2. The minimum Gasteiger partial charge on any atom is -0.389 e. The molecule has 102 valence electrons. The summed E-state index contributed by atoms with van der Waals surface area (Å²) in [6.07, 6.45) is 0.891. The highest BCUT2D eigenvalue weighted by Crippen LogP contribution is 2.51. The molecule has 5 heteroatoms. The molecule has 0 radical (unpaired) electrons. The Kier molecular flexibility index (Phi) is 3.58. The van der Waals surface area contributed by atoms with E-state index in [9.17, 15) is 9.18 Å². The summed E-state index contributed by atoms with van der Waals surface area (Å²) >= 11 is 4.78. The molecule has 1 aromatic rings. The third-order valence-corrected chi connectivity index (χ3v) is 3.86. The number of carbonyl (C=O) groups is 1. The Morgan fingerprint density at radius 2 is 2.21 bits per heavy atom. The van der Waals surface area contributed by atoms with Gasteiger partial charge in [-0.2, -0.15) is 0 Å². The molecule has 0 aromatic heterocycles. The number of hydrogen-bond donors (Lipinski definition) is 2. The summed E-state index contributed by atoms with van der Waals surface area (Å²) in [7, 11) is 0. The lowest BCUT2D eigenvalue weighted by atomic mass is 10.1. The zero-order valence-electron chi connectivity index (χ0n) is 11.0. The van der Waals surface area contributed by atoms with Crippen LogP contribution in [-0.4, -0.2) is 10.9 Å². The lowest BCUT2D eigenvalue weighted by Crippen LogP contribution is -2.26. The average molecular weight is 280 g/mol. The molecule has 0 saturated heterocycles. The Balaban J connectivity index is 1.97. The van der Waals surface area contributed by atoms with Gasteiger partial charge in [0.1, 0.15) is 10.8 Å². The number of halogens is 1. The molecule has 2 rings (SSSR count). The summed E-state index contributed by atoms with van der Waals surface area (Å²) in [6.45, 7) is 4.29. The molecular weight excluding hydrogens is 263 g/mol. The first-order valence-electron chi connectivity index (χ1n) is 6.17. The number of rotatable bonds is 4. The van der Waals surface area contributed by atoms with Gasteiger partial charge in [-0.15, -0.1) is 0 Å². The van der Waals surface area contributed by atoms with Gasteiger partial charge < -0.3 is 11.1 Å². The first-order chi connectivity index (χ1) is 8.81. The third kappa shape index (κ3) is 3.10. The first kappa shape index (κ1) is 13.9. The maximum Gasteiger partial charge on any atom is 0.223 e. The topological polar surface area (TPSA) is 55.1 Å². The summed E-state index contributed by atoms with van der Waals surface area (Å²) in [5, 5.41) is 2.76. The van der Waals surface area contributed by atoms with Crippen molar-refractivity contribution < 1.29 is 9.18 Å². The van der Waals surface area contributed by atoms with Crippen LogP contribution >= 0.6 is 12.2 Å². The summed E-state index contributed by atoms with van der Waals surface area (Å²) < 4.78 is 13.8. The van der Waals surface area contributed by atoms with Crippen molar-refractivity contribution in [2.75, 3.05) is 0 Å². The average Bonchev–Trinajstić information content (AvgIpc) is 2.96. The second-order valence-electron chi connectivity index (χ2n) is 5.63. The molecule has 1 amide bonds. The van der Waals surface area contributed by atoms with Crippen molar-refractivity contribution in [3.05, 3.63) is 35.1 Å². The largest absolute Gasteiger partial charge is 0.389 e. The monoisotopic (exact) mass is 280 g/mol. The number of carbonyl (C=O) groups excluding carboxylic acids is 1. The minimum absolute atomic E-state index is 0.0113. The van der Waals surface area contributed by atoms with Crippen molar-refractivity contribution in [3.63, 3.8) is 0 Å². The second-order valence-corrected chi connectivity index (χ2v) is 6.07. The van der Waals surface area contributed by atoms with E-state index < -0.39 is 5.82 Å². The van der Waals surface area contributed by atoms with E-state index in [1.165, 1.54) is 6.07 Å². The minimum atomic E-state index is -0.402. The highest BCUT2D eigenvalue weighted by Gasteiger charge is 2.50. The number of amides is 1. The standard InChI is InChI=1S/C14H17FN2OS/c1-14(2)6-10(14)13(18)17-7-9-4-3-8(12(16)19)5-11(9)15/h3-5,10H,6-7H2,1-2H3,(H2,16,19)(H,17,18). The van der Waals surface area contributed by atoms with E-state index in [0.717, 1.165) is 6.42 Å². The fourth-order valence-corrected chi connectivity index (χ4v) is 2.19. The molecule has 1 aliphatic carbocycles. The van der Waals surface area contributed by atoms with Gasteiger partial charge in [0.25, 0.3) is 0 Å². The molecule has 3 N–H and O–H groups in total. The van der Waals surface area contributed by atoms with Gasteiger partial charge in [-0.05, 0) is 17.9 Å². The summed E-state index contributed by atoms with van der Waals surface area (Å²) in [6, 6.07) is 4.56. The van der Waals surface area contributed by atoms with Crippen molar-refractivity contribution >= 4 is 23.1 Å². The maximum atomic E-state index is 13.8. The van der Waals surface area contributed by atoms with Crippen molar-refractivity contribution in [2.45, 2.75) is 26.8 Å². The van der Waals surface area contributed by atoms with Crippen molar-refractivity contribution in [1.82, 2.24) is 5.32 Å². The van der Waals surface area contributed by atoms with Crippen LogP contribution in [0.25, 0.3) is 0 Å². The molecule has 1 saturated carbocycles. The van der Waals surface area contributed by atoms with E-state index in [0.29, 0.717) is 11.1 Å². The molecular formula is C14H17FN2OS. The van der Waals surface area contributed by atoms with Crippen molar-refractivity contribution in [2.24, 2.45) is 17.1 Å². The van der Waals surface area contributed by atoms with Gasteiger partial charge in [0.2, 0.25) is 5.91 Å². The second kappa shape index (κ2) is 4.89. The Labute approximate surface area is 117 Å². The molecule has 19 heavy (non-hydrogen) atoms. The van der Waals surface area contributed by atoms with Crippen molar-refractivity contribution in [1.29, 1.82) is 0 Å². The smallest absolute Gasteiger partial charge is 0.223 e. The maximum absolute atomic E-state index is 13.8. The molecule has 1 unspecified atom stereocenters. The van der Waals surface area contributed by atoms with Crippen LogP contribution in [-0.2, 0) is 11.3 Å². The van der Waals surface area contributed by atoms with E-state index in [2.05, 4.69) is 19.2 Å². The fraction of sp³-hybridized carbons (Fsp3) is 0.429. The summed E-state index contributed by atoms with van der Waals surface area (Å²) in [5.74, 6) is -0.366. The predicted octanol–water partition coefficient (Wildman–Crippen LogP) is 2.12. The molecule has 0 spiro atoms. The van der Waals surface area contributed by atoms with Crippen LogP contribution in [0.2, 0.25) is 0 Å². The summed E-state index contributed by atoms with van der Waals surface area (Å²) in [4.78, 5) is 12.0. The highest BCUT2D eigenvalue weighted by atomic mass is 32.1. The quantitative estimate of drug-likeness (QED) is 0.831. The van der Waals surface area contributed by atoms with Crippen LogP contribution in [0.1, 0.15) is 31.4 Å². The van der Waals surface area contributed by atoms with Crippen molar-refractivity contribution in [3.8, 4) is 0 Å². The number of hydrogen-bond acceptors (Lipinski definition) is 2. The van der Waals surface area contributed by atoms with E-state index >= 15 is 0 Å². The van der Waals surface area contributed by atoms with Crippen LogP contribution in [0.5, 0.6) is 0 Å². The first-order valence-corrected chi connectivity index (χ1v) is 6.58. The Morgan fingerprint density at radius 3 is 2.68 bits per heavy atom. The molecule has 0 bridgehead atoms. The number of nitrogens with one attached hydrogen (secondary N) is 1. The van der Waals surface area contributed by atoms with Crippen LogP contribution in [0, 0.1) is 17.2 Å². The number of nitrogens with two attached hydrogens (primary N) is 1.